The second-order valence-corrected chi connectivity index (χ2v) is 9.43. The van der Waals surface area contributed by atoms with Crippen LogP contribution in [0, 0.1) is 5.92 Å². The predicted molar refractivity (Wildman–Crippen MR) is 136 cm³/mol. The average Bonchev–Trinajstić information content (AvgIpc) is 3.36. The molecule has 2 aromatic carbocycles. The van der Waals surface area contributed by atoms with Gasteiger partial charge in [0.15, 0.2) is 6.29 Å². The molecule has 0 saturated carbocycles. The Labute approximate surface area is 212 Å². The third-order valence-corrected chi connectivity index (χ3v) is 6.99. The van der Waals surface area contributed by atoms with Crippen molar-refractivity contribution in [2.75, 3.05) is 31.6 Å². The van der Waals surface area contributed by atoms with Crippen molar-refractivity contribution in [1.82, 2.24) is 4.90 Å². The van der Waals surface area contributed by atoms with E-state index in [4.69, 9.17) is 14.2 Å². The van der Waals surface area contributed by atoms with Crippen LogP contribution in [0.4, 0.5) is 10.5 Å². The highest BCUT2D eigenvalue weighted by molar-refractivity contribution is 5.84. The number of aliphatic hydroxyl groups is 2. The number of benzene rings is 2. The molecule has 5 atom stereocenters. The highest BCUT2D eigenvalue weighted by Gasteiger charge is 2.40. The molecule has 4 rings (SSSR count). The first-order valence-corrected chi connectivity index (χ1v) is 12.5. The summed E-state index contributed by atoms with van der Waals surface area (Å²) in [5.41, 5.74) is 3.22. The van der Waals surface area contributed by atoms with Gasteiger partial charge in [0, 0.05) is 29.8 Å². The van der Waals surface area contributed by atoms with E-state index >= 15 is 0 Å². The van der Waals surface area contributed by atoms with Gasteiger partial charge in [-0.15, -0.1) is 0 Å². The zero-order valence-corrected chi connectivity index (χ0v) is 20.7. The van der Waals surface area contributed by atoms with E-state index in [1.54, 1.807) is 6.07 Å². The van der Waals surface area contributed by atoms with E-state index < -0.39 is 12.4 Å². The van der Waals surface area contributed by atoms with Crippen LogP contribution in [-0.4, -0.2) is 59.7 Å². The number of hydrogen-bond donors (Lipinski definition) is 3. The Hall–Kier alpha value is -2.75. The normalized spacial score (nSPS) is 26.5. The van der Waals surface area contributed by atoms with Gasteiger partial charge in [0.1, 0.15) is 6.61 Å². The number of ether oxygens (including phenoxy) is 3. The zero-order valence-electron chi connectivity index (χ0n) is 20.7. The summed E-state index contributed by atoms with van der Waals surface area (Å²) in [6, 6.07) is 15.3. The fourth-order valence-corrected chi connectivity index (χ4v) is 4.95. The van der Waals surface area contributed by atoms with Crippen LogP contribution < -0.4 is 5.32 Å². The van der Waals surface area contributed by atoms with E-state index in [0.29, 0.717) is 12.2 Å². The van der Waals surface area contributed by atoms with Crippen LogP contribution in [0.25, 0.3) is 0 Å². The topological polar surface area (TPSA) is 100 Å². The van der Waals surface area contributed by atoms with Crippen molar-refractivity contribution in [1.29, 1.82) is 0 Å². The molecule has 8 heteroatoms. The first-order chi connectivity index (χ1) is 17.5. The number of carbonyl (C=O) groups is 1. The SMILES string of the molecule is C=CCOC(=O)Nc1cccc([C@H]2O[C@@H](CN3CCC[C@H]3CO)[C@@H](C)[C@@H](c3ccc(CO)cc3)O2)c1. The lowest BCUT2D eigenvalue weighted by molar-refractivity contribution is -0.276. The molecule has 36 heavy (non-hydrogen) atoms. The number of amides is 1. The summed E-state index contributed by atoms with van der Waals surface area (Å²) in [5, 5.41) is 22.0. The van der Waals surface area contributed by atoms with E-state index in [9.17, 15) is 15.0 Å². The van der Waals surface area contributed by atoms with E-state index in [1.165, 1.54) is 6.08 Å². The van der Waals surface area contributed by atoms with Gasteiger partial charge in [-0.3, -0.25) is 10.2 Å². The third kappa shape index (κ3) is 6.32. The molecule has 2 fully saturated rings. The fraction of sp³-hybridized carbons (Fsp3) is 0.464. The number of nitrogens with one attached hydrogen (secondary N) is 1. The highest BCUT2D eigenvalue weighted by atomic mass is 16.7. The standard InChI is InChI=1S/C28H36N2O6/c1-3-14-34-28(33)29-23-7-4-6-22(15-23)27-35-25(16-30-13-5-8-24(30)18-32)19(2)26(36-27)21-11-9-20(17-31)10-12-21/h3-4,6-7,9-12,15,19,24-27,31-32H,1,5,8,13-14,16-18H2,2H3,(H,29,33)/t19-,24+,25+,26+,27+/m1/s1. The molecule has 2 aliphatic rings. The van der Waals surface area contributed by atoms with Crippen molar-refractivity contribution in [3.63, 3.8) is 0 Å². The molecule has 2 aromatic rings. The number of hydrogen-bond acceptors (Lipinski definition) is 7. The zero-order chi connectivity index (χ0) is 25.5. The van der Waals surface area contributed by atoms with Crippen LogP contribution >= 0.6 is 0 Å². The van der Waals surface area contributed by atoms with Gasteiger partial charge in [0.2, 0.25) is 0 Å². The molecular weight excluding hydrogens is 460 g/mol. The van der Waals surface area contributed by atoms with Crippen LogP contribution in [0.2, 0.25) is 0 Å². The maximum atomic E-state index is 12.0. The monoisotopic (exact) mass is 496 g/mol. The Morgan fingerprint density at radius 1 is 1.19 bits per heavy atom. The van der Waals surface area contributed by atoms with Crippen molar-refractivity contribution in [3.05, 3.63) is 77.9 Å². The minimum Gasteiger partial charge on any atom is -0.445 e. The molecule has 1 amide bonds. The van der Waals surface area contributed by atoms with E-state index in [2.05, 4.69) is 23.7 Å². The third-order valence-electron chi connectivity index (χ3n) is 6.99. The minimum atomic E-state index is -0.644. The van der Waals surface area contributed by atoms with E-state index in [-0.39, 0.29) is 44.0 Å². The van der Waals surface area contributed by atoms with Crippen molar-refractivity contribution in [2.24, 2.45) is 5.92 Å². The predicted octanol–water partition coefficient (Wildman–Crippen LogP) is 4.16. The van der Waals surface area contributed by atoms with E-state index in [1.807, 2.05) is 42.5 Å². The molecule has 194 valence electrons. The quantitative estimate of drug-likeness (QED) is 0.448. The van der Waals surface area contributed by atoms with Crippen LogP contribution in [-0.2, 0) is 20.8 Å². The van der Waals surface area contributed by atoms with Gasteiger partial charge in [-0.2, -0.15) is 0 Å². The Bertz CT molecular complexity index is 1010. The number of rotatable bonds is 9. The van der Waals surface area contributed by atoms with E-state index in [0.717, 1.165) is 36.1 Å². The number of likely N-dealkylation sites (tertiary alicyclic amines) is 1. The number of nitrogens with zero attached hydrogens (tertiary/aromatic N) is 1. The summed E-state index contributed by atoms with van der Waals surface area (Å²) in [5.74, 6) is 0.0522. The summed E-state index contributed by atoms with van der Waals surface area (Å²) < 4.78 is 18.1. The van der Waals surface area contributed by atoms with Gasteiger partial charge >= 0.3 is 6.09 Å². The summed E-state index contributed by atoms with van der Waals surface area (Å²) in [6.45, 7) is 7.57. The maximum Gasteiger partial charge on any atom is 0.411 e. The van der Waals surface area contributed by atoms with Crippen molar-refractivity contribution >= 4 is 11.8 Å². The Morgan fingerprint density at radius 2 is 2.00 bits per heavy atom. The van der Waals surface area contributed by atoms with Gasteiger partial charge in [0.05, 0.1) is 25.4 Å². The highest BCUT2D eigenvalue weighted by Crippen LogP contribution is 2.42. The minimum absolute atomic E-state index is 0.0117. The fourth-order valence-electron chi connectivity index (χ4n) is 4.95. The molecule has 0 unspecified atom stereocenters. The average molecular weight is 497 g/mol. The Balaban J connectivity index is 1.57. The van der Waals surface area contributed by atoms with Crippen molar-refractivity contribution in [3.8, 4) is 0 Å². The van der Waals surface area contributed by atoms with Crippen molar-refractivity contribution < 1.29 is 29.2 Å². The summed E-state index contributed by atoms with van der Waals surface area (Å²) >= 11 is 0. The molecular formula is C28H36N2O6. The van der Waals surface area contributed by atoms with Gasteiger partial charge < -0.3 is 24.4 Å². The van der Waals surface area contributed by atoms with Crippen LogP contribution in [0.1, 0.15) is 48.8 Å². The molecule has 8 nitrogen and oxygen atoms in total. The first kappa shape index (κ1) is 26.3. The largest absolute Gasteiger partial charge is 0.445 e. The number of carbonyl (C=O) groups excluding carboxylic acids is 1. The second kappa shape index (κ2) is 12.5. The lowest BCUT2D eigenvalue weighted by atomic mass is 9.90. The molecule has 0 aromatic heterocycles. The first-order valence-electron chi connectivity index (χ1n) is 12.5. The molecule has 2 heterocycles. The lowest BCUT2D eigenvalue weighted by Crippen LogP contribution is -2.46. The van der Waals surface area contributed by atoms with Gasteiger partial charge in [0.25, 0.3) is 0 Å². The second-order valence-electron chi connectivity index (χ2n) is 9.43. The Morgan fingerprint density at radius 3 is 2.72 bits per heavy atom. The van der Waals surface area contributed by atoms with Gasteiger partial charge in [-0.25, -0.2) is 4.79 Å². The van der Waals surface area contributed by atoms with Crippen LogP contribution in [0.5, 0.6) is 0 Å². The molecule has 0 bridgehead atoms. The molecule has 0 spiro atoms. The maximum absolute atomic E-state index is 12.0. The molecule has 2 aliphatic heterocycles. The van der Waals surface area contributed by atoms with Crippen LogP contribution in [0.3, 0.4) is 0 Å². The van der Waals surface area contributed by atoms with Crippen LogP contribution in [0.15, 0.2) is 61.2 Å². The smallest absolute Gasteiger partial charge is 0.411 e. The molecule has 2 saturated heterocycles. The van der Waals surface area contributed by atoms with Gasteiger partial charge in [-0.05, 0) is 42.6 Å². The Kier molecular flexibility index (Phi) is 9.12. The summed E-state index contributed by atoms with van der Waals surface area (Å²) in [7, 11) is 0. The van der Waals surface area contributed by atoms with Crippen molar-refractivity contribution in [2.45, 2.75) is 50.9 Å². The summed E-state index contributed by atoms with van der Waals surface area (Å²) in [6.07, 6.45) is 1.99. The summed E-state index contributed by atoms with van der Waals surface area (Å²) in [4.78, 5) is 14.3. The van der Waals surface area contributed by atoms with Gasteiger partial charge in [-0.1, -0.05) is 56.0 Å². The number of aliphatic hydroxyl groups excluding tert-OH is 2. The molecule has 3 N–H and O–H groups in total. The molecule has 0 radical (unpaired) electrons. The number of anilines is 1. The molecule has 0 aliphatic carbocycles. The lowest BCUT2D eigenvalue weighted by Gasteiger charge is -2.43.